The van der Waals surface area contributed by atoms with Gasteiger partial charge in [-0.05, 0) is 53.9 Å². The lowest BCUT2D eigenvalue weighted by molar-refractivity contribution is 0.269. The first-order valence-corrected chi connectivity index (χ1v) is 6.43. The van der Waals surface area contributed by atoms with Gasteiger partial charge in [0.05, 0.1) is 0 Å². The Balaban J connectivity index is 2.26. The molecule has 1 aromatic rings. The molecule has 1 unspecified atom stereocenters. The minimum absolute atomic E-state index is 0.155. The second-order valence-corrected chi connectivity index (χ2v) is 6.06. The standard InChI is InChI=1S/C16H21F/c1-16(2,3)14-6-4-5-13(11-14)12-7-9-15(17)10-8-12/h7-11,14H,4-6H2,1-3H3. The highest BCUT2D eigenvalue weighted by Gasteiger charge is 2.25. The molecule has 0 bridgehead atoms. The average Bonchev–Trinajstić information content (AvgIpc) is 2.29. The van der Waals surface area contributed by atoms with Crippen LogP contribution in [0.2, 0.25) is 0 Å². The second kappa shape index (κ2) is 4.64. The van der Waals surface area contributed by atoms with Crippen molar-refractivity contribution in [2.24, 2.45) is 11.3 Å². The van der Waals surface area contributed by atoms with E-state index >= 15 is 0 Å². The van der Waals surface area contributed by atoms with Gasteiger partial charge in [-0.15, -0.1) is 0 Å². The Labute approximate surface area is 104 Å². The molecule has 0 saturated carbocycles. The van der Waals surface area contributed by atoms with Crippen molar-refractivity contribution >= 4 is 5.57 Å². The average molecular weight is 232 g/mol. The van der Waals surface area contributed by atoms with Gasteiger partial charge in [-0.3, -0.25) is 0 Å². The summed E-state index contributed by atoms with van der Waals surface area (Å²) >= 11 is 0. The highest BCUT2D eigenvalue weighted by atomic mass is 19.1. The Bertz CT molecular complexity index is 406. The summed E-state index contributed by atoms with van der Waals surface area (Å²) in [5.41, 5.74) is 2.89. The lowest BCUT2D eigenvalue weighted by atomic mass is 9.73. The number of allylic oxidation sites excluding steroid dienone is 2. The zero-order chi connectivity index (χ0) is 12.5. The number of halogens is 1. The minimum atomic E-state index is -0.155. The lowest BCUT2D eigenvalue weighted by Crippen LogP contribution is -2.20. The molecule has 1 heteroatoms. The van der Waals surface area contributed by atoms with Gasteiger partial charge >= 0.3 is 0 Å². The van der Waals surface area contributed by atoms with Crippen LogP contribution in [0.15, 0.2) is 30.3 Å². The third-order valence-electron chi connectivity index (χ3n) is 3.69. The van der Waals surface area contributed by atoms with Crippen molar-refractivity contribution in [2.45, 2.75) is 40.0 Å². The summed E-state index contributed by atoms with van der Waals surface area (Å²) in [6.07, 6.45) is 6.04. The zero-order valence-electron chi connectivity index (χ0n) is 11.0. The summed E-state index contributed by atoms with van der Waals surface area (Å²) in [5.74, 6) is 0.480. The first-order valence-electron chi connectivity index (χ1n) is 6.43. The van der Waals surface area contributed by atoms with Crippen molar-refractivity contribution in [3.63, 3.8) is 0 Å². The quantitative estimate of drug-likeness (QED) is 0.635. The van der Waals surface area contributed by atoms with Crippen LogP contribution in [-0.2, 0) is 0 Å². The minimum Gasteiger partial charge on any atom is -0.207 e. The molecule has 17 heavy (non-hydrogen) atoms. The molecule has 0 fully saturated rings. The van der Waals surface area contributed by atoms with Crippen LogP contribution in [0.4, 0.5) is 4.39 Å². The predicted molar refractivity (Wildman–Crippen MR) is 71.2 cm³/mol. The van der Waals surface area contributed by atoms with Gasteiger partial charge in [0.25, 0.3) is 0 Å². The molecular weight excluding hydrogens is 211 g/mol. The monoisotopic (exact) mass is 232 g/mol. The molecule has 0 N–H and O–H groups in total. The summed E-state index contributed by atoms with van der Waals surface area (Å²) in [6.45, 7) is 6.88. The van der Waals surface area contributed by atoms with Gasteiger partial charge in [0, 0.05) is 0 Å². The molecule has 1 aromatic carbocycles. The van der Waals surface area contributed by atoms with E-state index in [1.807, 2.05) is 12.1 Å². The molecule has 2 rings (SSSR count). The van der Waals surface area contributed by atoms with Gasteiger partial charge < -0.3 is 0 Å². The van der Waals surface area contributed by atoms with Crippen LogP contribution in [0.1, 0.15) is 45.6 Å². The van der Waals surface area contributed by atoms with Crippen molar-refractivity contribution in [3.05, 3.63) is 41.7 Å². The number of rotatable bonds is 1. The van der Waals surface area contributed by atoms with E-state index in [1.165, 1.54) is 24.0 Å². The second-order valence-electron chi connectivity index (χ2n) is 6.06. The molecule has 92 valence electrons. The first-order chi connectivity index (χ1) is 7.97. The van der Waals surface area contributed by atoms with E-state index in [9.17, 15) is 4.39 Å². The van der Waals surface area contributed by atoms with E-state index in [4.69, 9.17) is 0 Å². The molecule has 0 nitrogen and oxygen atoms in total. The van der Waals surface area contributed by atoms with Gasteiger partial charge in [0.2, 0.25) is 0 Å². The molecule has 1 atom stereocenters. The third kappa shape index (κ3) is 2.96. The first kappa shape index (κ1) is 12.3. The van der Waals surface area contributed by atoms with E-state index in [-0.39, 0.29) is 5.82 Å². The molecule has 0 aliphatic heterocycles. The topological polar surface area (TPSA) is 0 Å². The fourth-order valence-corrected chi connectivity index (χ4v) is 2.51. The van der Waals surface area contributed by atoms with Crippen LogP contribution < -0.4 is 0 Å². The molecule has 1 aliphatic rings. The van der Waals surface area contributed by atoms with Gasteiger partial charge in [0.1, 0.15) is 5.82 Å². The molecule has 1 aliphatic carbocycles. The van der Waals surface area contributed by atoms with Crippen LogP contribution in [0, 0.1) is 17.2 Å². The number of hydrogen-bond acceptors (Lipinski definition) is 0. The molecule has 0 radical (unpaired) electrons. The van der Waals surface area contributed by atoms with Crippen molar-refractivity contribution in [2.75, 3.05) is 0 Å². The van der Waals surface area contributed by atoms with E-state index in [0.29, 0.717) is 11.3 Å². The van der Waals surface area contributed by atoms with E-state index in [2.05, 4.69) is 26.8 Å². The molecule has 0 amide bonds. The largest absolute Gasteiger partial charge is 0.207 e. The third-order valence-corrected chi connectivity index (χ3v) is 3.69. The summed E-state index contributed by atoms with van der Waals surface area (Å²) in [7, 11) is 0. The van der Waals surface area contributed by atoms with Crippen molar-refractivity contribution in [1.29, 1.82) is 0 Å². The normalized spacial score (nSPS) is 21.2. The fourth-order valence-electron chi connectivity index (χ4n) is 2.51. The van der Waals surface area contributed by atoms with Crippen molar-refractivity contribution < 1.29 is 4.39 Å². The number of hydrogen-bond donors (Lipinski definition) is 0. The van der Waals surface area contributed by atoms with E-state index < -0.39 is 0 Å². The predicted octanol–water partition coefficient (Wildman–Crippen LogP) is 5.06. The molecular formula is C16H21F. The number of benzene rings is 1. The fraction of sp³-hybridized carbons (Fsp3) is 0.500. The summed E-state index contributed by atoms with van der Waals surface area (Å²) in [6, 6.07) is 6.90. The van der Waals surface area contributed by atoms with Gasteiger partial charge in [0.15, 0.2) is 0 Å². The molecule has 0 spiro atoms. The van der Waals surface area contributed by atoms with Crippen molar-refractivity contribution in [3.8, 4) is 0 Å². The maximum atomic E-state index is 12.9. The molecule has 0 heterocycles. The van der Waals surface area contributed by atoms with E-state index in [1.54, 1.807) is 12.1 Å². The smallest absolute Gasteiger partial charge is 0.123 e. The maximum Gasteiger partial charge on any atom is 0.123 e. The van der Waals surface area contributed by atoms with Crippen LogP contribution in [0.25, 0.3) is 5.57 Å². The van der Waals surface area contributed by atoms with Crippen LogP contribution in [0.5, 0.6) is 0 Å². The summed E-state index contributed by atoms with van der Waals surface area (Å²) < 4.78 is 12.9. The summed E-state index contributed by atoms with van der Waals surface area (Å²) in [4.78, 5) is 0. The molecule has 0 saturated heterocycles. The summed E-state index contributed by atoms with van der Waals surface area (Å²) in [5, 5.41) is 0. The Hall–Kier alpha value is -1.11. The maximum absolute atomic E-state index is 12.9. The SMILES string of the molecule is CC(C)(C)C1C=C(c2ccc(F)cc2)CCC1. The zero-order valence-corrected chi connectivity index (χ0v) is 11.0. The Morgan fingerprint density at radius 1 is 1.12 bits per heavy atom. The van der Waals surface area contributed by atoms with Crippen molar-refractivity contribution in [1.82, 2.24) is 0 Å². The highest BCUT2D eigenvalue weighted by molar-refractivity contribution is 5.66. The Morgan fingerprint density at radius 2 is 1.76 bits per heavy atom. The highest BCUT2D eigenvalue weighted by Crippen LogP contribution is 2.38. The van der Waals surface area contributed by atoms with Crippen LogP contribution >= 0.6 is 0 Å². The Kier molecular flexibility index (Phi) is 3.37. The molecule has 0 aromatic heterocycles. The van der Waals surface area contributed by atoms with Gasteiger partial charge in [-0.25, -0.2) is 4.39 Å². The van der Waals surface area contributed by atoms with Gasteiger partial charge in [-0.2, -0.15) is 0 Å². The van der Waals surface area contributed by atoms with E-state index in [0.717, 1.165) is 6.42 Å². The Morgan fingerprint density at radius 3 is 2.35 bits per heavy atom. The van der Waals surface area contributed by atoms with Gasteiger partial charge in [-0.1, -0.05) is 39.0 Å². The lowest BCUT2D eigenvalue weighted by Gasteiger charge is -2.32. The van der Waals surface area contributed by atoms with Crippen LogP contribution in [-0.4, -0.2) is 0 Å². The van der Waals surface area contributed by atoms with Crippen LogP contribution in [0.3, 0.4) is 0 Å².